The van der Waals surface area contributed by atoms with Gasteiger partial charge in [0.25, 0.3) is 0 Å². The zero-order valence-electron chi connectivity index (χ0n) is 12.3. The first-order chi connectivity index (χ1) is 8.94. The molecule has 4 atom stereocenters. The molecule has 0 aromatic carbocycles. The van der Waals surface area contributed by atoms with E-state index in [1.54, 1.807) is 0 Å². The Balaban J connectivity index is 1.86. The summed E-state index contributed by atoms with van der Waals surface area (Å²) in [5, 5.41) is 0. The van der Waals surface area contributed by atoms with E-state index in [9.17, 15) is 4.79 Å². The van der Waals surface area contributed by atoms with Crippen molar-refractivity contribution in [3.8, 4) is 0 Å². The van der Waals surface area contributed by atoms with E-state index in [0.717, 1.165) is 38.8 Å². The molecule has 3 fully saturated rings. The van der Waals surface area contributed by atoms with E-state index in [0.29, 0.717) is 6.04 Å². The Morgan fingerprint density at radius 2 is 2.16 bits per heavy atom. The van der Waals surface area contributed by atoms with E-state index in [1.165, 1.54) is 0 Å². The van der Waals surface area contributed by atoms with E-state index in [4.69, 9.17) is 10.5 Å². The Morgan fingerprint density at radius 1 is 1.42 bits per heavy atom. The van der Waals surface area contributed by atoms with Crippen LogP contribution in [0.15, 0.2) is 0 Å². The molecule has 3 rings (SSSR count). The first-order valence-electron chi connectivity index (χ1n) is 7.66. The van der Waals surface area contributed by atoms with Crippen LogP contribution < -0.4 is 5.73 Å². The lowest BCUT2D eigenvalue weighted by atomic mass is 9.47. The van der Waals surface area contributed by atoms with Gasteiger partial charge >= 0.3 is 0 Å². The van der Waals surface area contributed by atoms with Crippen LogP contribution in [-0.2, 0) is 9.53 Å². The molecule has 4 heteroatoms. The van der Waals surface area contributed by atoms with E-state index in [-0.39, 0.29) is 23.3 Å². The van der Waals surface area contributed by atoms with Crippen molar-refractivity contribution in [3.05, 3.63) is 0 Å². The summed E-state index contributed by atoms with van der Waals surface area (Å²) in [5.41, 5.74) is 5.67. The number of hydrogen-bond acceptors (Lipinski definition) is 3. The highest BCUT2D eigenvalue weighted by Gasteiger charge is 2.72. The van der Waals surface area contributed by atoms with Crippen molar-refractivity contribution in [1.29, 1.82) is 0 Å². The second-order valence-electron chi connectivity index (χ2n) is 6.98. The largest absolute Gasteiger partial charge is 0.377 e. The number of amides is 1. The Morgan fingerprint density at radius 3 is 2.84 bits per heavy atom. The van der Waals surface area contributed by atoms with E-state index in [1.807, 2.05) is 0 Å². The first-order valence-corrected chi connectivity index (χ1v) is 7.66. The molecule has 0 aromatic rings. The SMILES string of the molecule is CCC1CCCN1C(=O)C1(N)C2CCOC2C1(C)C. The van der Waals surface area contributed by atoms with Gasteiger partial charge in [-0.05, 0) is 25.7 Å². The van der Waals surface area contributed by atoms with Gasteiger partial charge in [-0.3, -0.25) is 4.79 Å². The molecule has 0 aromatic heterocycles. The van der Waals surface area contributed by atoms with Crippen molar-refractivity contribution < 1.29 is 9.53 Å². The second-order valence-corrected chi connectivity index (χ2v) is 6.98. The van der Waals surface area contributed by atoms with Crippen LogP contribution in [0, 0.1) is 11.3 Å². The van der Waals surface area contributed by atoms with Gasteiger partial charge in [0.15, 0.2) is 0 Å². The number of fused-ring (bicyclic) bond motifs is 1. The highest BCUT2D eigenvalue weighted by Crippen LogP contribution is 2.59. The Labute approximate surface area is 115 Å². The molecule has 2 heterocycles. The second kappa shape index (κ2) is 4.19. The Bertz CT molecular complexity index is 396. The van der Waals surface area contributed by atoms with Gasteiger partial charge in [-0.15, -0.1) is 0 Å². The molecule has 0 radical (unpaired) electrons. The molecule has 0 spiro atoms. The smallest absolute Gasteiger partial charge is 0.243 e. The average molecular weight is 266 g/mol. The third-order valence-corrected chi connectivity index (χ3v) is 5.92. The molecular formula is C15H26N2O2. The molecule has 1 saturated carbocycles. The number of hydrogen-bond donors (Lipinski definition) is 1. The summed E-state index contributed by atoms with van der Waals surface area (Å²) in [5.74, 6) is 0.390. The molecular weight excluding hydrogens is 240 g/mol. The topological polar surface area (TPSA) is 55.6 Å². The summed E-state index contributed by atoms with van der Waals surface area (Å²) >= 11 is 0. The van der Waals surface area contributed by atoms with Crippen molar-refractivity contribution in [1.82, 2.24) is 4.90 Å². The Kier molecular flexibility index (Phi) is 2.95. The summed E-state index contributed by atoms with van der Waals surface area (Å²) in [6.45, 7) is 7.97. The fourth-order valence-electron chi connectivity index (χ4n) is 4.58. The van der Waals surface area contributed by atoms with Crippen LogP contribution in [0.2, 0.25) is 0 Å². The highest BCUT2D eigenvalue weighted by atomic mass is 16.5. The standard InChI is InChI=1S/C15H26N2O2/c1-4-10-6-5-8-17(10)13(18)15(16)11-7-9-19-12(11)14(15,2)3/h10-12H,4-9,16H2,1-3H3. The third-order valence-electron chi connectivity index (χ3n) is 5.92. The molecule has 4 unspecified atom stereocenters. The number of carbonyl (C=O) groups is 1. The zero-order chi connectivity index (χ0) is 13.8. The van der Waals surface area contributed by atoms with Gasteiger partial charge in [-0.1, -0.05) is 20.8 Å². The average Bonchev–Trinajstić information content (AvgIpc) is 3.04. The lowest BCUT2D eigenvalue weighted by molar-refractivity contribution is -0.185. The molecule has 1 amide bonds. The van der Waals surface area contributed by atoms with Gasteiger partial charge in [0.2, 0.25) is 5.91 Å². The third kappa shape index (κ3) is 1.50. The molecule has 4 nitrogen and oxygen atoms in total. The Hall–Kier alpha value is -0.610. The minimum absolute atomic E-state index is 0.170. The fraction of sp³-hybridized carbons (Fsp3) is 0.933. The van der Waals surface area contributed by atoms with Crippen LogP contribution >= 0.6 is 0 Å². The van der Waals surface area contributed by atoms with Crippen LogP contribution in [0.3, 0.4) is 0 Å². The quantitative estimate of drug-likeness (QED) is 0.824. The molecule has 19 heavy (non-hydrogen) atoms. The van der Waals surface area contributed by atoms with Gasteiger partial charge in [0.1, 0.15) is 5.54 Å². The predicted molar refractivity (Wildman–Crippen MR) is 73.6 cm³/mol. The highest BCUT2D eigenvalue weighted by molar-refractivity contribution is 5.90. The fourth-order valence-corrected chi connectivity index (χ4v) is 4.58. The molecule has 2 saturated heterocycles. The number of nitrogens with zero attached hydrogens (tertiary/aromatic N) is 1. The number of nitrogens with two attached hydrogens (primary N) is 1. The van der Waals surface area contributed by atoms with Crippen LogP contribution in [-0.4, -0.2) is 41.6 Å². The summed E-state index contributed by atoms with van der Waals surface area (Å²) < 4.78 is 5.78. The van der Waals surface area contributed by atoms with Crippen molar-refractivity contribution in [2.24, 2.45) is 17.1 Å². The first kappa shape index (κ1) is 13.4. The van der Waals surface area contributed by atoms with Crippen molar-refractivity contribution >= 4 is 5.91 Å². The van der Waals surface area contributed by atoms with Gasteiger partial charge in [-0.25, -0.2) is 0 Å². The summed E-state index contributed by atoms with van der Waals surface area (Å²) in [7, 11) is 0. The number of rotatable bonds is 2. The number of carbonyl (C=O) groups excluding carboxylic acids is 1. The van der Waals surface area contributed by atoms with Gasteiger partial charge < -0.3 is 15.4 Å². The van der Waals surface area contributed by atoms with E-state index in [2.05, 4.69) is 25.7 Å². The number of ether oxygens (including phenoxy) is 1. The van der Waals surface area contributed by atoms with Crippen LogP contribution in [0.25, 0.3) is 0 Å². The maximum Gasteiger partial charge on any atom is 0.243 e. The van der Waals surface area contributed by atoms with Crippen LogP contribution in [0.4, 0.5) is 0 Å². The predicted octanol–water partition coefficient (Wildman–Crippen LogP) is 1.53. The summed E-state index contributed by atoms with van der Waals surface area (Å²) in [6, 6.07) is 0.394. The van der Waals surface area contributed by atoms with Gasteiger partial charge in [0, 0.05) is 30.5 Å². The minimum Gasteiger partial charge on any atom is -0.377 e. The molecule has 1 aliphatic carbocycles. The van der Waals surface area contributed by atoms with Crippen LogP contribution in [0.5, 0.6) is 0 Å². The van der Waals surface area contributed by atoms with Crippen molar-refractivity contribution in [3.63, 3.8) is 0 Å². The maximum atomic E-state index is 13.0. The number of likely N-dealkylation sites (tertiary alicyclic amines) is 1. The molecule has 108 valence electrons. The van der Waals surface area contributed by atoms with Gasteiger partial charge in [-0.2, -0.15) is 0 Å². The summed E-state index contributed by atoms with van der Waals surface area (Å²) in [4.78, 5) is 15.1. The zero-order valence-corrected chi connectivity index (χ0v) is 12.3. The monoisotopic (exact) mass is 266 g/mol. The van der Waals surface area contributed by atoms with E-state index < -0.39 is 5.54 Å². The molecule has 2 N–H and O–H groups in total. The molecule has 0 bridgehead atoms. The minimum atomic E-state index is -0.716. The molecule has 3 aliphatic rings. The van der Waals surface area contributed by atoms with Crippen molar-refractivity contribution in [2.45, 2.75) is 64.1 Å². The molecule has 2 aliphatic heterocycles. The van der Waals surface area contributed by atoms with Crippen molar-refractivity contribution in [2.75, 3.05) is 13.2 Å². The van der Waals surface area contributed by atoms with Gasteiger partial charge in [0.05, 0.1) is 6.10 Å². The normalized spacial score (nSPS) is 44.0. The van der Waals surface area contributed by atoms with Crippen LogP contribution in [0.1, 0.15) is 46.5 Å². The summed E-state index contributed by atoms with van der Waals surface area (Å²) in [6.07, 6.45) is 4.38. The lowest BCUT2D eigenvalue weighted by Gasteiger charge is -2.61. The van der Waals surface area contributed by atoms with E-state index >= 15 is 0 Å². The maximum absolute atomic E-state index is 13.0. The lowest BCUT2D eigenvalue weighted by Crippen LogP contribution is -2.80.